The largest absolute Gasteiger partial charge is 0.550 e. The molecule has 0 saturated heterocycles. The van der Waals surface area contributed by atoms with E-state index in [0.717, 1.165) is 0 Å². The molecule has 1 aromatic heterocycles. The van der Waals surface area contributed by atoms with Crippen LogP contribution in [0.5, 0.6) is 0 Å². The van der Waals surface area contributed by atoms with E-state index in [-0.39, 0.29) is 11.9 Å². The Labute approximate surface area is 70.2 Å². The van der Waals surface area contributed by atoms with Gasteiger partial charge in [0.05, 0.1) is 13.6 Å². The summed E-state index contributed by atoms with van der Waals surface area (Å²) in [5.41, 5.74) is 0. The molecule has 12 heavy (non-hydrogen) atoms. The van der Waals surface area contributed by atoms with Gasteiger partial charge >= 0.3 is 0 Å². The Bertz CT molecular complexity index is 257. The minimum atomic E-state index is -1.01. The lowest BCUT2D eigenvalue weighted by molar-refractivity contribution is -0.671. The summed E-state index contributed by atoms with van der Waals surface area (Å²) in [6, 6.07) is 0. The van der Waals surface area contributed by atoms with Crippen LogP contribution in [0.15, 0.2) is 18.7 Å². The second kappa shape index (κ2) is 4.50. The summed E-state index contributed by atoms with van der Waals surface area (Å²) < 4.78 is 3.66. The van der Waals surface area contributed by atoms with Crippen LogP contribution < -0.4 is 9.67 Å². The van der Waals surface area contributed by atoms with Crippen molar-refractivity contribution in [2.75, 3.05) is 0 Å². The summed E-state index contributed by atoms with van der Waals surface area (Å²) in [4.78, 5) is 10.0. The van der Waals surface area contributed by atoms with E-state index in [4.69, 9.17) is 0 Å². The molecule has 0 unspecified atom stereocenters. The van der Waals surface area contributed by atoms with Crippen molar-refractivity contribution in [2.45, 2.75) is 13.0 Å². The Morgan fingerprint density at radius 1 is 1.67 bits per heavy atom. The lowest BCUT2D eigenvalue weighted by Gasteiger charge is -1.96. The molecule has 0 aliphatic carbocycles. The fourth-order valence-corrected chi connectivity index (χ4v) is 0.854. The fraction of sp³-hybridized carbons (Fsp3) is 0.429. The number of aromatic nitrogens is 2. The molecule has 0 aromatic carbocycles. The van der Waals surface area contributed by atoms with Gasteiger partial charge in [-0.3, -0.25) is 0 Å². The minimum Gasteiger partial charge on any atom is -0.550 e. The zero-order valence-corrected chi connectivity index (χ0v) is 6.86. The summed E-state index contributed by atoms with van der Waals surface area (Å²) in [5, 5.41) is 10.0. The first-order valence-corrected chi connectivity index (χ1v) is 3.39. The molecule has 1 rings (SSSR count). The lowest BCUT2D eigenvalue weighted by atomic mass is 10.4. The van der Waals surface area contributed by atoms with Gasteiger partial charge in [0.15, 0.2) is 0 Å². The third-order valence-electron chi connectivity index (χ3n) is 1.40. The van der Waals surface area contributed by atoms with Crippen LogP contribution in [0.3, 0.4) is 0 Å². The van der Waals surface area contributed by atoms with E-state index in [0.29, 0.717) is 6.54 Å². The van der Waals surface area contributed by atoms with Crippen LogP contribution >= 0.6 is 0 Å². The summed E-state index contributed by atoms with van der Waals surface area (Å²) >= 11 is 0. The number of carbonyl (C=O) groups is 1. The van der Waals surface area contributed by atoms with Crippen molar-refractivity contribution in [3.05, 3.63) is 18.7 Å². The monoisotopic (exact) mass is 172 g/mol. The Morgan fingerprint density at radius 2 is 2.33 bits per heavy atom. The molecule has 0 radical (unpaired) electrons. The van der Waals surface area contributed by atoms with Crippen LogP contribution in [0.4, 0.5) is 0 Å². The first-order chi connectivity index (χ1) is 5.18. The summed E-state index contributed by atoms with van der Waals surface area (Å²) in [5.74, 6) is -1.01. The topological polar surface area (TPSA) is 80.4 Å². The Hall–Kier alpha value is -1.36. The van der Waals surface area contributed by atoms with Gasteiger partial charge in [0.1, 0.15) is 12.4 Å². The molecule has 0 aliphatic rings. The SMILES string of the molecule is C[n+]1ccn(CCC(=O)[O-])c1.O. The Kier molecular flexibility index (Phi) is 3.99. The summed E-state index contributed by atoms with van der Waals surface area (Å²) in [6.45, 7) is 0.475. The zero-order chi connectivity index (χ0) is 8.27. The summed E-state index contributed by atoms with van der Waals surface area (Å²) in [7, 11) is 1.88. The number of carbonyl (C=O) groups excluding carboxylic acids is 1. The third-order valence-corrected chi connectivity index (χ3v) is 1.40. The van der Waals surface area contributed by atoms with Gasteiger partial charge in [-0.05, 0) is 0 Å². The van der Waals surface area contributed by atoms with Gasteiger partial charge in [0.2, 0.25) is 6.33 Å². The number of nitrogens with zero attached hydrogens (tertiary/aromatic N) is 2. The molecule has 0 bridgehead atoms. The normalized spacial score (nSPS) is 9.08. The third kappa shape index (κ3) is 3.16. The van der Waals surface area contributed by atoms with E-state index in [1.54, 1.807) is 4.57 Å². The standard InChI is InChI=1S/C7H10N2O2.H2O/c1-8-4-5-9(6-8)3-2-7(10)11;/h4-6H,2-3H2,1H3;1H2. The van der Waals surface area contributed by atoms with E-state index in [1.165, 1.54) is 0 Å². The van der Waals surface area contributed by atoms with Crippen LogP contribution in [-0.2, 0) is 18.4 Å². The van der Waals surface area contributed by atoms with Crippen LogP contribution in [0.1, 0.15) is 6.42 Å². The average molecular weight is 172 g/mol. The highest BCUT2D eigenvalue weighted by Gasteiger charge is 1.98. The lowest BCUT2D eigenvalue weighted by Crippen LogP contribution is -2.25. The number of aryl methyl sites for hydroxylation is 2. The fourth-order valence-electron chi connectivity index (χ4n) is 0.854. The van der Waals surface area contributed by atoms with Gasteiger partial charge in [-0.15, -0.1) is 0 Å². The predicted molar refractivity (Wildman–Crippen MR) is 38.8 cm³/mol. The number of carboxylic acid groups (broad SMARTS) is 1. The van der Waals surface area contributed by atoms with Crippen molar-refractivity contribution < 1.29 is 19.9 Å². The molecule has 0 saturated carbocycles. The van der Waals surface area contributed by atoms with Crippen molar-refractivity contribution in [1.29, 1.82) is 0 Å². The molecular formula is C7H12N2O3. The number of rotatable bonds is 3. The molecule has 0 aliphatic heterocycles. The van der Waals surface area contributed by atoms with Crippen LogP contribution in [0.25, 0.3) is 0 Å². The molecule has 5 nitrogen and oxygen atoms in total. The maximum absolute atomic E-state index is 10.0. The van der Waals surface area contributed by atoms with E-state index in [2.05, 4.69) is 0 Å². The highest BCUT2D eigenvalue weighted by atomic mass is 16.4. The molecule has 1 aromatic rings. The quantitative estimate of drug-likeness (QED) is 0.477. The molecule has 0 atom stereocenters. The van der Waals surface area contributed by atoms with Crippen molar-refractivity contribution in [3.63, 3.8) is 0 Å². The number of carboxylic acids is 1. The molecule has 2 N–H and O–H groups in total. The predicted octanol–water partition coefficient (Wildman–Crippen LogP) is -2.37. The number of hydrogen-bond donors (Lipinski definition) is 0. The first-order valence-electron chi connectivity index (χ1n) is 3.39. The molecule has 68 valence electrons. The van der Waals surface area contributed by atoms with Crippen LogP contribution in [-0.4, -0.2) is 16.0 Å². The van der Waals surface area contributed by atoms with Crippen LogP contribution in [0.2, 0.25) is 0 Å². The van der Waals surface area contributed by atoms with Gasteiger partial charge < -0.3 is 15.4 Å². The van der Waals surface area contributed by atoms with Crippen molar-refractivity contribution in [3.8, 4) is 0 Å². The van der Waals surface area contributed by atoms with E-state index >= 15 is 0 Å². The first kappa shape index (κ1) is 10.6. The average Bonchev–Trinajstić information content (AvgIpc) is 2.31. The van der Waals surface area contributed by atoms with Crippen molar-refractivity contribution in [2.24, 2.45) is 7.05 Å². The number of imidazole rings is 1. The van der Waals surface area contributed by atoms with Gasteiger partial charge in [0, 0.05) is 12.4 Å². The number of hydrogen-bond acceptors (Lipinski definition) is 2. The van der Waals surface area contributed by atoms with Gasteiger partial charge in [0.25, 0.3) is 0 Å². The Morgan fingerprint density at radius 3 is 2.75 bits per heavy atom. The van der Waals surface area contributed by atoms with Gasteiger partial charge in [-0.25, -0.2) is 9.13 Å². The molecule has 0 amide bonds. The van der Waals surface area contributed by atoms with Gasteiger partial charge in [-0.1, -0.05) is 0 Å². The van der Waals surface area contributed by atoms with E-state index in [1.807, 2.05) is 30.3 Å². The molecule has 5 heteroatoms. The van der Waals surface area contributed by atoms with Gasteiger partial charge in [-0.2, -0.15) is 0 Å². The van der Waals surface area contributed by atoms with E-state index in [9.17, 15) is 9.90 Å². The second-order valence-electron chi connectivity index (χ2n) is 2.44. The van der Waals surface area contributed by atoms with Crippen LogP contribution in [0, 0.1) is 0 Å². The van der Waals surface area contributed by atoms with E-state index < -0.39 is 5.97 Å². The molecule has 0 spiro atoms. The molecular weight excluding hydrogens is 160 g/mol. The second-order valence-corrected chi connectivity index (χ2v) is 2.44. The summed E-state index contributed by atoms with van der Waals surface area (Å²) in [6.07, 6.45) is 5.57. The molecule has 0 fully saturated rings. The molecule has 1 heterocycles. The smallest absolute Gasteiger partial charge is 0.243 e. The number of aliphatic carboxylic acids is 1. The zero-order valence-electron chi connectivity index (χ0n) is 6.86. The van der Waals surface area contributed by atoms with Crippen molar-refractivity contribution >= 4 is 5.97 Å². The maximum atomic E-state index is 10.0. The highest BCUT2D eigenvalue weighted by molar-refractivity contribution is 5.63. The maximum Gasteiger partial charge on any atom is 0.243 e. The highest BCUT2D eigenvalue weighted by Crippen LogP contribution is 1.86. The minimum absolute atomic E-state index is 0. The Balaban J connectivity index is 0.00000121. The van der Waals surface area contributed by atoms with Crippen molar-refractivity contribution in [1.82, 2.24) is 4.57 Å².